The van der Waals surface area contributed by atoms with Crippen LogP contribution < -0.4 is 5.73 Å². The molecular formula is C18H24N2O2. The molecule has 22 heavy (non-hydrogen) atoms. The quantitative estimate of drug-likeness (QED) is 0.267. The van der Waals surface area contributed by atoms with Crippen LogP contribution in [0.2, 0.25) is 0 Å². The molecule has 0 aliphatic carbocycles. The number of ether oxygens (including phenoxy) is 1. The van der Waals surface area contributed by atoms with Gasteiger partial charge in [-0.2, -0.15) is 0 Å². The van der Waals surface area contributed by atoms with Gasteiger partial charge in [0.2, 0.25) is 0 Å². The van der Waals surface area contributed by atoms with Crippen molar-refractivity contribution >= 4 is 11.8 Å². The minimum atomic E-state index is -0.106. The molecule has 0 saturated carbocycles. The van der Waals surface area contributed by atoms with Gasteiger partial charge in [-0.3, -0.25) is 10.2 Å². The van der Waals surface area contributed by atoms with E-state index in [1.165, 1.54) is 5.56 Å². The number of nitrogens with one attached hydrogen (secondary N) is 1. The molecule has 0 aromatic heterocycles. The summed E-state index contributed by atoms with van der Waals surface area (Å²) in [5, 5.41) is 7.38. The summed E-state index contributed by atoms with van der Waals surface area (Å²) in [6.45, 7) is 4.43. The molecule has 1 atom stereocenters. The molecule has 1 heterocycles. The first kappa shape index (κ1) is 16.3. The Labute approximate surface area is 131 Å². The number of allylic oxidation sites excluding steroid dienone is 1. The van der Waals surface area contributed by atoms with Gasteiger partial charge in [0.15, 0.2) is 0 Å². The number of carbonyl (C=O) groups excluding carboxylic acids is 1. The highest BCUT2D eigenvalue weighted by Gasteiger charge is 2.33. The fourth-order valence-corrected chi connectivity index (χ4v) is 2.94. The number of unbranched alkanes of at least 4 members (excludes halogenated alkanes) is 1. The van der Waals surface area contributed by atoms with E-state index in [4.69, 9.17) is 15.9 Å². The van der Waals surface area contributed by atoms with Crippen LogP contribution in [0, 0.1) is 10.8 Å². The third-order valence-electron chi connectivity index (χ3n) is 4.45. The Morgan fingerprint density at radius 3 is 2.68 bits per heavy atom. The lowest BCUT2D eigenvalue weighted by molar-refractivity contribution is -0.151. The highest BCUT2D eigenvalue weighted by atomic mass is 16.5. The molecular weight excluding hydrogens is 276 g/mol. The van der Waals surface area contributed by atoms with Crippen LogP contribution in [0.15, 0.2) is 36.9 Å². The first-order chi connectivity index (χ1) is 10.5. The number of aryl methyl sites for hydroxylation is 1. The number of amidine groups is 1. The predicted molar refractivity (Wildman–Crippen MR) is 87.8 cm³/mol. The Bertz CT molecular complexity index is 551. The van der Waals surface area contributed by atoms with Gasteiger partial charge in [-0.25, -0.2) is 0 Å². The van der Waals surface area contributed by atoms with E-state index in [2.05, 4.69) is 6.58 Å². The second-order valence-corrected chi connectivity index (χ2v) is 6.03. The van der Waals surface area contributed by atoms with Crippen LogP contribution in [0.25, 0.3) is 0 Å². The van der Waals surface area contributed by atoms with Gasteiger partial charge in [-0.1, -0.05) is 36.8 Å². The molecule has 2 rings (SSSR count). The van der Waals surface area contributed by atoms with Gasteiger partial charge >= 0.3 is 5.97 Å². The zero-order valence-electron chi connectivity index (χ0n) is 12.9. The number of hydrogen-bond acceptors (Lipinski definition) is 3. The van der Waals surface area contributed by atoms with E-state index in [1.54, 1.807) is 0 Å². The Kier molecular flexibility index (Phi) is 5.36. The molecule has 0 amide bonds. The summed E-state index contributed by atoms with van der Waals surface area (Å²) in [6.07, 6.45) is 7.40. The van der Waals surface area contributed by atoms with Crippen LogP contribution in [0.1, 0.15) is 43.2 Å². The smallest absolute Gasteiger partial charge is 0.306 e. The van der Waals surface area contributed by atoms with Gasteiger partial charge in [0, 0.05) is 11.0 Å². The number of benzene rings is 1. The summed E-state index contributed by atoms with van der Waals surface area (Å²) in [5.41, 5.74) is 7.38. The van der Waals surface area contributed by atoms with Crippen molar-refractivity contribution in [1.82, 2.24) is 0 Å². The van der Waals surface area contributed by atoms with Crippen molar-refractivity contribution in [2.24, 2.45) is 11.1 Å². The molecule has 0 radical (unpaired) electrons. The first-order valence-corrected chi connectivity index (χ1v) is 7.77. The van der Waals surface area contributed by atoms with Gasteiger partial charge in [0.05, 0.1) is 13.0 Å². The fourth-order valence-electron chi connectivity index (χ4n) is 2.94. The first-order valence-electron chi connectivity index (χ1n) is 7.77. The van der Waals surface area contributed by atoms with E-state index in [9.17, 15) is 4.79 Å². The van der Waals surface area contributed by atoms with Crippen molar-refractivity contribution in [3.8, 4) is 0 Å². The van der Waals surface area contributed by atoms with Crippen LogP contribution in [0.4, 0.5) is 0 Å². The van der Waals surface area contributed by atoms with Crippen molar-refractivity contribution < 1.29 is 9.53 Å². The van der Waals surface area contributed by atoms with Crippen LogP contribution in [-0.2, 0) is 16.0 Å². The van der Waals surface area contributed by atoms with Gasteiger partial charge in [0.1, 0.15) is 5.84 Å². The summed E-state index contributed by atoms with van der Waals surface area (Å²) < 4.78 is 5.03. The number of carbonyl (C=O) groups is 1. The normalized spacial score (nSPS) is 21.2. The number of cyclic esters (lactones) is 1. The Morgan fingerprint density at radius 2 is 2.09 bits per heavy atom. The average molecular weight is 300 g/mol. The summed E-state index contributed by atoms with van der Waals surface area (Å²) in [4.78, 5) is 11.5. The van der Waals surface area contributed by atoms with Gasteiger partial charge in [0.25, 0.3) is 0 Å². The van der Waals surface area contributed by atoms with E-state index in [0.717, 1.165) is 37.7 Å². The lowest BCUT2D eigenvalue weighted by atomic mass is 9.76. The molecule has 1 saturated heterocycles. The summed E-state index contributed by atoms with van der Waals surface area (Å²) in [5.74, 6) is -0.00497. The van der Waals surface area contributed by atoms with E-state index in [1.807, 2.05) is 30.3 Å². The maximum Gasteiger partial charge on any atom is 0.306 e. The van der Waals surface area contributed by atoms with Gasteiger partial charge in [-0.05, 0) is 31.2 Å². The molecule has 1 aromatic rings. The molecule has 1 unspecified atom stereocenters. The zero-order chi connectivity index (χ0) is 16.0. The molecule has 1 aromatic carbocycles. The van der Waals surface area contributed by atoms with E-state index in [0.29, 0.717) is 13.0 Å². The van der Waals surface area contributed by atoms with Crippen LogP contribution >= 0.6 is 0 Å². The van der Waals surface area contributed by atoms with Crippen molar-refractivity contribution in [2.45, 2.75) is 38.5 Å². The molecule has 118 valence electrons. The largest absolute Gasteiger partial charge is 0.466 e. The molecule has 1 fully saturated rings. The summed E-state index contributed by atoms with van der Waals surface area (Å²) in [6, 6.07) is 7.83. The maximum atomic E-state index is 11.5. The highest BCUT2D eigenvalue weighted by molar-refractivity contribution is 5.94. The summed E-state index contributed by atoms with van der Waals surface area (Å²) in [7, 11) is 0. The van der Waals surface area contributed by atoms with Crippen molar-refractivity contribution in [3.05, 3.63) is 48.0 Å². The average Bonchev–Trinajstić information content (AvgIpc) is 2.52. The predicted octanol–water partition coefficient (Wildman–Crippen LogP) is 3.19. The van der Waals surface area contributed by atoms with Gasteiger partial charge in [-0.15, -0.1) is 6.58 Å². The molecule has 3 N–H and O–H groups in total. The lowest BCUT2D eigenvalue weighted by Gasteiger charge is -2.33. The monoisotopic (exact) mass is 300 g/mol. The minimum Gasteiger partial charge on any atom is -0.466 e. The second kappa shape index (κ2) is 7.25. The highest BCUT2D eigenvalue weighted by Crippen LogP contribution is 2.37. The Balaban J connectivity index is 1.79. The number of rotatable bonds is 7. The van der Waals surface area contributed by atoms with Crippen molar-refractivity contribution in [3.63, 3.8) is 0 Å². The maximum absolute atomic E-state index is 11.5. The third kappa shape index (κ3) is 4.20. The zero-order valence-corrected chi connectivity index (χ0v) is 12.9. The number of hydrogen-bond donors (Lipinski definition) is 2. The molecule has 1 aliphatic heterocycles. The van der Waals surface area contributed by atoms with Crippen LogP contribution in [0.5, 0.6) is 0 Å². The topological polar surface area (TPSA) is 76.2 Å². The molecule has 1 aliphatic rings. The molecule has 4 nitrogen and oxygen atoms in total. The van der Waals surface area contributed by atoms with Crippen molar-refractivity contribution in [2.75, 3.05) is 6.61 Å². The number of nitrogen functional groups attached to an aromatic ring is 1. The Hall–Kier alpha value is -2.10. The summed E-state index contributed by atoms with van der Waals surface area (Å²) >= 11 is 0. The number of esters is 1. The minimum absolute atomic E-state index is 0.0756. The fraction of sp³-hybridized carbons (Fsp3) is 0.444. The van der Waals surface area contributed by atoms with E-state index in [-0.39, 0.29) is 17.2 Å². The van der Waals surface area contributed by atoms with Gasteiger partial charge < -0.3 is 10.5 Å². The lowest BCUT2D eigenvalue weighted by Crippen LogP contribution is -2.30. The van der Waals surface area contributed by atoms with E-state index < -0.39 is 0 Å². The molecule has 4 heteroatoms. The third-order valence-corrected chi connectivity index (χ3v) is 4.45. The van der Waals surface area contributed by atoms with Crippen LogP contribution in [-0.4, -0.2) is 18.4 Å². The molecule has 0 bridgehead atoms. The van der Waals surface area contributed by atoms with E-state index >= 15 is 0 Å². The number of nitrogens with two attached hydrogens (primary N) is 1. The molecule has 0 spiro atoms. The van der Waals surface area contributed by atoms with Crippen LogP contribution in [0.3, 0.4) is 0 Å². The Morgan fingerprint density at radius 1 is 1.36 bits per heavy atom. The SMILES string of the molecule is C=CC1(CCCCc2ccc(C(=N)N)cc2)CCOC(=O)C1. The second-order valence-electron chi connectivity index (χ2n) is 6.03. The van der Waals surface area contributed by atoms with Crippen molar-refractivity contribution in [1.29, 1.82) is 5.41 Å². The standard InChI is InChI=1S/C18H24N2O2/c1-2-18(11-12-22-16(21)13-18)10-4-3-5-14-6-8-15(9-7-14)17(19)20/h2,6-9H,1,3-5,10-13H2,(H3,19,20).